The second kappa shape index (κ2) is 7.64. The summed E-state index contributed by atoms with van der Waals surface area (Å²) >= 11 is 3.31. The van der Waals surface area contributed by atoms with E-state index in [4.69, 9.17) is 0 Å². The maximum atomic E-state index is 11.7. The van der Waals surface area contributed by atoms with E-state index in [1.165, 1.54) is 6.92 Å². The van der Waals surface area contributed by atoms with Crippen LogP contribution in [0.5, 0.6) is 0 Å². The van der Waals surface area contributed by atoms with Gasteiger partial charge in [0.25, 0.3) is 0 Å². The number of nitrogens with one attached hydrogen (secondary N) is 3. The number of benzene rings is 1. The molecule has 0 fully saturated rings. The van der Waals surface area contributed by atoms with Crippen LogP contribution in [0.4, 0.5) is 5.69 Å². The molecule has 1 aromatic carbocycles. The van der Waals surface area contributed by atoms with Gasteiger partial charge >= 0.3 is 0 Å². The van der Waals surface area contributed by atoms with Crippen molar-refractivity contribution in [3.63, 3.8) is 0 Å². The molecule has 1 aromatic rings. The minimum atomic E-state index is -0.677. The predicted molar refractivity (Wildman–Crippen MR) is 79.1 cm³/mol. The highest BCUT2D eigenvalue weighted by atomic mass is 79.9. The molecule has 20 heavy (non-hydrogen) atoms. The van der Waals surface area contributed by atoms with Crippen molar-refractivity contribution in [1.82, 2.24) is 10.6 Å². The quantitative estimate of drug-likeness (QED) is 0.747. The lowest BCUT2D eigenvalue weighted by Gasteiger charge is -2.13. The van der Waals surface area contributed by atoms with Gasteiger partial charge in [-0.3, -0.25) is 14.4 Å². The van der Waals surface area contributed by atoms with E-state index in [-0.39, 0.29) is 18.4 Å². The minimum absolute atomic E-state index is 0.163. The molecular formula is C13H16BrN3O3. The van der Waals surface area contributed by atoms with E-state index in [2.05, 4.69) is 31.9 Å². The Hall–Kier alpha value is -1.89. The summed E-state index contributed by atoms with van der Waals surface area (Å²) in [5.41, 5.74) is 0.627. The topological polar surface area (TPSA) is 87.3 Å². The van der Waals surface area contributed by atoms with Gasteiger partial charge in [0, 0.05) is 11.4 Å². The smallest absolute Gasteiger partial charge is 0.243 e. The summed E-state index contributed by atoms with van der Waals surface area (Å²) in [4.78, 5) is 34.1. The van der Waals surface area contributed by atoms with E-state index < -0.39 is 11.9 Å². The molecule has 3 amide bonds. The maximum absolute atomic E-state index is 11.7. The van der Waals surface area contributed by atoms with E-state index in [0.717, 1.165) is 4.47 Å². The Kier molecular flexibility index (Phi) is 6.17. The van der Waals surface area contributed by atoms with Gasteiger partial charge in [-0.15, -0.1) is 0 Å². The van der Waals surface area contributed by atoms with E-state index in [1.807, 2.05) is 6.07 Å². The van der Waals surface area contributed by atoms with Gasteiger partial charge in [0.05, 0.1) is 12.2 Å². The molecule has 0 bridgehead atoms. The lowest BCUT2D eigenvalue weighted by molar-refractivity contribution is -0.128. The summed E-state index contributed by atoms with van der Waals surface area (Å²) in [6, 6.07) is 6.48. The number of para-hydroxylation sites is 1. The van der Waals surface area contributed by atoms with Crippen molar-refractivity contribution < 1.29 is 14.4 Å². The van der Waals surface area contributed by atoms with Gasteiger partial charge in [-0.1, -0.05) is 12.1 Å². The number of hydrogen-bond acceptors (Lipinski definition) is 3. The standard InChI is InChI=1S/C13H16BrN3O3/c1-8(16-9(2)18)13(20)15-7-12(19)17-11-6-4-3-5-10(11)14/h3-6,8H,7H2,1-2H3,(H,15,20)(H,16,18)(H,17,19)/t8-/m1/s1. The first-order valence-corrected chi connectivity index (χ1v) is 6.78. The third-order valence-electron chi connectivity index (χ3n) is 2.38. The summed E-state index contributed by atoms with van der Waals surface area (Å²) in [6.45, 7) is 2.70. The van der Waals surface area contributed by atoms with Crippen LogP contribution in [0.25, 0.3) is 0 Å². The maximum Gasteiger partial charge on any atom is 0.243 e. The number of anilines is 1. The average molecular weight is 342 g/mol. The molecule has 6 nitrogen and oxygen atoms in total. The molecular weight excluding hydrogens is 326 g/mol. The molecule has 7 heteroatoms. The second-order valence-electron chi connectivity index (χ2n) is 4.17. The van der Waals surface area contributed by atoms with Crippen molar-refractivity contribution in [2.24, 2.45) is 0 Å². The van der Waals surface area contributed by atoms with Gasteiger partial charge in [-0.25, -0.2) is 0 Å². The number of carbonyl (C=O) groups is 3. The number of rotatable bonds is 5. The van der Waals surface area contributed by atoms with Gasteiger partial charge < -0.3 is 16.0 Å². The lowest BCUT2D eigenvalue weighted by Crippen LogP contribution is -2.46. The molecule has 0 spiro atoms. The van der Waals surface area contributed by atoms with Crippen LogP contribution >= 0.6 is 15.9 Å². The molecule has 0 saturated carbocycles. The van der Waals surface area contributed by atoms with Crippen LogP contribution in [-0.4, -0.2) is 30.3 Å². The molecule has 0 saturated heterocycles. The number of carbonyl (C=O) groups excluding carboxylic acids is 3. The fraction of sp³-hybridized carbons (Fsp3) is 0.308. The minimum Gasteiger partial charge on any atom is -0.345 e. The summed E-state index contributed by atoms with van der Waals surface area (Å²) in [5, 5.41) is 7.54. The molecule has 0 aliphatic rings. The number of hydrogen-bond donors (Lipinski definition) is 3. The monoisotopic (exact) mass is 341 g/mol. The molecule has 0 aromatic heterocycles. The van der Waals surface area contributed by atoms with Crippen LogP contribution < -0.4 is 16.0 Å². The summed E-state index contributed by atoms with van der Waals surface area (Å²) in [5.74, 6) is -1.06. The van der Waals surface area contributed by atoms with Gasteiger partial charge in [-0.05, 0) is 35.0 Å². The first-order valence-electron chi connectivity index (χ1n) is 5.99. The first-order chi connectivity index (χ1) is 9.40. The van der Waals surface area contributed by atoms with Crippen molar-refractivity contribution in [2.45, 2.75) is 19.9 Å². The molecule has 1 atom stereocenters. The zero-order chi connectivity index (χ0) is 15.1. The average Bonchev–Trinajstić information content (AvgIpc) is 2.38. The summed E-state index contributed by atoms with van der Waals surface area (Å²) in [7, 11) is 0. The third kappa shape index (κ3) is 5.40. The molecule has 0 aliphatic carbocycles. The Morgan fingerprint density at radius 1 is 1.25 bits per heavy atom. The Labute approximate surface area is 125 Å². The fourth-order valence-corrected chi connectivity index (χ4v) is 1.83. The van der Waals surface area contributed by atoms with E-state index in [0.29, 0.717) is 5.69 Å². The van der Waals surface area contributed by atoms with E-state index in [9.17, 15) is 14.4 Å². The van der Waals surface area contributed by atoms with Crippen molar-refractivity contribution in [1.29, 1.82) is 0 Å². The SMILES string of the molecule is CC(=O)N[C@H](C)C(=O)NCC(=O)Nc1ccccc1Br. The summed E-state index contributed by atoms with van der Waals surface area (Å²) in [6.07, 6.45) is 0. The molecule has 0 unspecified atom stereocenters. The van der Waals surface area contributed by atoms with Crippen molar-refractivity contribution >= 4 is 39.3 Å². The molecule has 0 aliphatic heterocycles. The van der Waals surface area contributed by atoms with Crippen LogP contribution in [0, 0.1) is 0 Å². The van der Waals surface area contributed by atoms with Gasteiger partial charge in [0.2, 0.25) is 17.7 Å². The van der Waals surface area contributed by atoms with E-state index in [1.54, 1.807) is 25.1 Å². The molecule has 108 valence electrons. The van der Waals surface area contributed by atoms with Gasteiger partial charge in [-0.2, -0.15) is 0 Å². The molecule has 0 radical (unpaired) electrons. The molecule has 1 rings (SSSR count). The number of amides is 3. The van der Waals surface area contributed by atoms with Gasteiger partial charge in [0.1, 0.15) is 6.04 Å². The Morgan fingerprint density at radius 3 is 2.50 bits per heavy atom. The zero-order valence-corrected chi connectivity index (χ0v) is 12.8. The normalized spacial score (nSPS) is 11.3. The Balaban J connectivity index is 2.42. The van der Waals surface area contributed by atoms with Crippen LogP contribution in [0.15, 0.2) is 28.7 Å². The molecule has 3 N–H and O–H groups in total. The fourth-order valence-electron chi connectivity index (χ4n) is 1.45. The highest BCUT2D eigenvalue weighted by molar-refractivity contribution is 9.10. The first kappa shape index (κ1) is 16.2. The van der Waals surface area contributed by atoms with Crippen LogP contribution in [0.1, 0.15) is 13.8 Å². The second-order valence-corrected chi connectivity index (χ2v) is 5.02. The predicted octanol–water partition coefficient (Wildman–Crippen LogP) is 1.03. The lowest BCUT2D eigenvalue weighted by atomic mass is 10.3. The Bertz CT molecular complexity index is 519. The highest BCUT2D eigenvalue weighted by Crippen LogP contribution is 2.20. The van der Waals surface area contributed by atoms with Crippen LogP contribution in [0.2, 0.25) is 0 Å². The largest absolute Gasteiger partial charge is 0.345 e. The van der Waals surface area contributed by atoms with Crippen molar-refractivity contribution in [3.05, 3.63) is 28.7 Å². The third-order valence-corrected chi connectivity index (χ3v) is 3.08. The van der Waals surface area contributed by atoms with Gasteiger partial charge in [0.15, 0.2) is 0 Å². The molecule has 0 heterocycles. The van der Waals surface area contributed by atoms with Crippen molar-refractivity contribution in [2.75, 3.05) is 11.9 Å². The summed E-state index contributed by atoms with van der Waals surface area (Å²) < 4.78 is 0.756. The van der Waals surface area contributed by atoms with Crippen LogP contribution in [0.3, 0.4) is 0 Å². The van der Waals surface area contributed by atoms with Crippen LogP contribution in [-0.2, 0) is 14.4 Å². The van der Waals surface area contributed by atoms with E-state index >= 15 is 0 Å². The number of halogens is 1. The Morgan fingerprint density at radius 2 is 1.90 bits per heavy atom. The highest BCUT2D eigenvalue weighted by Gasteiger charge is 2.14. The zero-order valence-electron chi connectivity index (χ0n) is 11.2. The van der Waals surface area contributed by atoms with Crippen molar-refractivity contribution in [3.8, 4) is 0 Å².